The quantitative estimate of drug-likeness (QED) is 0.669. The Balaban J connectivity index is 1.77. The third-order valence-corrected chi connectivity index (χ3v) is 5.14. The van der Waals surface area contributed by atoms with Gasteiger partial charge >= 0.3 is 12.0 Å². The van der Waals surface area contributed by atoms with Crippen LogP contribution in [0.1, 0.15) is 29.7 Å². The lowest BCUT2D eigenvalue weighted by Crippen LogP contribution is -2.32. The Morgan fingerprint density at radius 1 is 1.23 bits per heavy atom. The van der Waals surface area contributed by atoms with E-state index in [1.807, 2.05) is 24.3 Å². The zero-order valence-corrected chi connectivity index (χ0v) is 16.6. The number of amides is 1. The maximum atomic E-state index is 13.5. The summed E-state index contributed by atoms with van der Waals surface area (Å²) in [4.78, 5) is 30.3. The van der Waals surface area contributed by atoms with Crippen LogP contribution in [0, 0.1) is 5.82 Å². The van der Waals surface area contributed by atoms with Crippen LogP contribution in [0.25, 0.3) is 10.9 Å². The van der Waals surface area contributed by atoms with Crippen molar-refractivity contribution in [3.8, 4) is 0 Å². The number of carbonyl (C=O) groups is 2. The van der Waals surface area contributed by atoms with E-state index in [1.165, 1.54) is 16.7 Å². The Kier molecular flexibility index (Phi) is 5.61. The Morgan fingerprint density at radius 2 is 2.07 bits per heavy atom. The number of carbonyl (C=O) groups excluding carboxylic acids is 2. The highest BCUT2D eigenvalue weighted by Crippen LogP contribution is 2.33. The average molecular weight is 407 g/mol. The number of halogens is 1. The van der Waals surface area contributed by atoms with E-state index in [9.17, 15) is 14.0 Å². The summed E-state index contributed by atoms with van der Waals surface area (Å²) in [5, 5.41) is 3.75. The van der Waals surface area contributed by atoms with E-state index < -0.39 is 11.9 Å². The van der Waals surface area contributed by atoms with Gasteiger partial charge in [0, 0.05) is 24.7 Å². The highest BCUT2D eigenvalue weighted by Gasteiger charge is 2.32. The summed E-state index contributed by atoms with van der Waals surface area (Å²) in [6.07, 6.45) is 2.19. The van der Waals surface area contributed by atoms with Gasteiger partial charge in [0.25, 0.3) is 0 Å². The number of nitrogens with zero attached hydrogens (tertiary/aromatic N) is 2. The molecule has 2 heterocycles. The van der Waals surface area contributed by atoms with E-state index in [2.05, 4.69) is 10.3 Å². The van der Waals surface area contributed by atoms with E-state index in [-0.39, 0.29) is 25.0 Å². The fraction of sp³-hybridized carbons (Fsp3) is 0.261. The first-order valence-corrected chi connectivity index (χ1v) is 9.91. The molecule has 0 saturated heterocycles. The molecule has 1 aromatic heterocycles. The van der Waals surface area contributed by atoms with Gasteiger partial charge < -0.3 is 10.1 Å². The van der Waals surface area contributed by atoms with Crippen molar-refractivity contribution in [2.24, 2.45) is 4.99 Å². The molecule has 7 heteroatoms. The van der Waals surface area contributed by atoms with Crippen LogP contribution in [0.2, 0.25) is 0 Å². The standard InChI is InChI=1S/C23H22FN3O3/c1-2-30-22(28)19-14-25-11-10-18-17-8-3-4-9-20(17)27(21(18)19)23(29)26-13-15-6-5-7-16(24)12-15/h3-9,12,14,19H,2,10-11,13H2,1H3,(H,26,29). The van der Waals surface area contributed by atoms with Gasteiger partial charge in [0.2, 0.25) is 0 Å². The molecule has 0 radical (unpaired) electrons. The van der Waals surface area contributed by atoms with Crippen molar-refractivity contribution in [2.45, 2.75) is 25.8 Å². The number of esters is 1. The summed E-state index contributed by atoms with van der Waals surface area (Å²) in [5.41, 5.74) is 2.85. The van der Waals surface area contributed by atoms with Crippen molar-refractivity contribution in [3.05, 3.63) is 71.2 Å². The summed E-state index contributed by atoms with van der Waals surface area (Å²) < 4.78 is 20.3. The third-order valence-electron chi connectivity index (χ3n) is 5.14. The zero-order chi connectivity index (χ0) is 21.1. The second-order valence-electron chi connectivity index (χ2n) is 7.04. The number of rotatable bonds is 4. The van der Waals surface area contributed by atoms with Crippen molar-refractivity contribution in [1.82, 2.24) is 9.88 Å². The van der Waals surface area contributed by atoms with Gasteiger partial charge in [-0.25, -0.2) is 9.18 Å². The van der Waals surface area contributed by atoms with E-state index in [0.29, 0.717) is 29.7 Å². The summed E-state index contributed by atoms with van der Waals surface area (Å²) in [6.45, 7) is 2.68. The maximum Gasteiger partial charge on any atom is 0.326 e. The molecule has 2 aromatic carbocycles. The van der Waals surface area contributed by atoms with Crippen LogP contribution in [0.5, 0.6) is 0 Å². The van der Waals surface area contributed by atoms with Crippen LogP contribution < -0.4 is 5.32 Å². The molecule has 0 aliphatic carbocycles. The SMILES string of the molecule is CCOC(=O)C1C=NCCc2c1n(C(=O)NCc1cccc(F)c1)c1ccccc21. The first-order chi connectivity index (χ1) is 14.6. The lowest BCUT2D eigenvalue weighted by atomic mass is 10.00. The molecular formula is C23H22FN3O3. The van der Waals surface area contributed by atoms with Gasteiger partial charge in [0.05, 0.1) is 17.8 Å². The molecule has 4 rings (SSSR count). The molecule has 0 bridgehead atoms. The second-order valence-corrected chi connectivity index (χ2v) is 7.04. The summed E-state index contributed by atoms with van der Waals surface area (Å²) in [7, 11) is 0. The molecule has 0 spiro atoms. The number of para-hydroxylation sites is 1. The minimum atomic E-state index is -0.769. The molecular weight excluding hydrogens is 385 g/mol. The molecule has 1 aliphatic heterocycles. The van der Waals surface area contributed by atoms with Crippen molar-refractivity contribution in [2.75, 3.05) is 13.2 Å². The largest absolute Gasteiger partial charge is 0.465 e. The molecule has 1 amide bonds. The van der Waals surface area contributed by atoms with Crippen LogP contribution >= 0.6 is 0 Å². The molecule has 1 N–H and O–H groups in total. The average Bonchev–Trinajstić information content (AvgIpc) is 2.90. The lowest BCUT2D eigenvalue weighted by Gasteiger charge is -2.16. The van der Waals surface area contributed by atoms with Gasteiger partial charge in [0.1, 0.15) is 11.7 Å². The Bertz CT molecular complexity index is 1140. The van der Waals surface area contributed by atoms with Gasteiger partial charge in [-0.15, -0.1) is 0 Å². The molecule has 6 nitrogen and oxygen atoms in total. The Labute approximate surface area is 173 Å². The van der Waals surface area contributed by atoms with Gasteiger partial charge in [-0.1, -0.05) is 30.3 Å². The number of ether oxygens (including phenoxy) is 1. The van der Waals surface area contributed by atoms with E-state index in [0.717, 1.165) is 10.9 Å². The number of aromatic nitrogens is 1. The van der Waals surface area contributed by atoms with E-state index in [1.54, 1.807) is 25.3 Å². The number of aliphatic imine (C=N–C) groups is 1. The highest BCUT2D eigenvalue weighted by molar-refractivity contribution is 6.03. The number of hydrogen-bond acceptors (Lipinski definition) is 4. The van der Waals surface area contributed by atoms with Crippen molar-refractivity contribution in [1.29, 1.82) is 0 Å². The van der Waals surface area contributed by atoms with E-state index in [4.69, 9.17) is 4.74 Å². The number of benzene rings is 2. The normalized spacial score (nSPS) is 15.5. The van der Waals surface area contributed by atoms with Crippen LogP contribution in [0.4, 0.5) is 9.18 Å². The number of fused-ring (bicyclic) bond motifs is 3. The second kappa shape index (κ2) is 8.49. The van der Waals surface area contributed by atoms with Crippen molar-refractivity contribution < 1.29 is 18.7 Å². The fourth-order valence-corrected chi connectivity index (χ4v) is 3.87. The van der Waals surface area contributed by atoms with Crippen LogP contribution in [-0.2, 0) is 22.5 Å². The van der Waals surface area contributed by atoms with Crippen LogP contribution in [-0.4, -0.2) is 35.9 Å². The molecule has 154 valence electrons. The molecule has 0 fully saturated rings. The maximum absolute atomic E-state index is 13.5. The van der Waals surface area contributed by atoms with Crippen LogP contribution in [0.15, 0.2) is 53.5 Å². The third kappa shape index (κ3) is 3.70. The summed E-state index contributed by atoms with van der Waals surface area (Å²) in [6, 6.07) is 13.2. The molecule has 30 heavy (non-hydrogen) atoms. The molecule has 1 unspecified atom stereocenters. The van der Waals surface area contributed by atoms with Gasteiger partial charge in [-0.3, -0.25) is 14.4 Å². The Hall–Kier alpha value is -3.48. The zero-order valence-electron chi connectivity index (χ0n) is 16.6. The molecule has 3 aromatic rings. The monoisotopic (exact) mass is 407 g/mol. The van der Waals surface area contributed by atoms with Gasteiger partial charge in [0.15, 0.2) is 0 Å². The smallest absolute Gasteiger partial charge is 0.326 e. The molecule has 1 atom stereocenters. The van der Waals surface area contributed by atoms with Crippen LogP contribution in [0.3, 0.4) is 0 Å². The Morgan fingerprint density at radius 3 is 2.87 bits per heavy atom. The van der Waals surface area contributed by atoms with Crippen molar-refractivity contribution in [3.63, 3.8) is 0 Å². The minimum Gasteiger partial charge on any atom is -0.465 e. The van der Waals surface area contributed by atoms with Gasteiger partial charge in [-0.05, 0) is 42.7 Å². The van der Waals surface area contributed by atoms with Crippen molar-refractivity contribution >= 4 is 29.1 Å². The van der Waals surface area contributed by atoms with E-state index >= 15 is 0 Å². The molecule has 1 aliphatic rings. The first-order valence-electron chi connectivity index (χ1n) is 9.91. The molecule has 0 saturated carbocycles. The summed E-state index contributed by atoms with van der Waals surface area (Å²) in [5.74, 6) is -1.57. The number of hydrogen-bond donors (Lipinski definition) is 1. The predicted molar refractivity (Wildman–Crippen MR) is 112 cm³/mol. The summed E-state index contributed by atoms with van der Waals surface area (Å²) >= 11 is 0. The topological polar surface area (TPSA) is 72.7 Å². The lowest BCUT2D eigenvalue weighted by molar-refractivity contribution is -0.143. The first kappa shape index (κ1) is 19.8. The minimum absolute atomic E-state index is 0.163. The predicted octanol–water partition coefficient (Wildman–Crippen LogP) is 3.81. The fourth-order valence-electron chi connectivity index (χ4n) is 3.87. The van der Waals surface area contributed by atoms with Gasteiger partial charge in [-0.2, -0.15) is 0 Å². The number of nitrogens with one attached hydrogen (secondary N) is 1. The highest BCUT2D eigenvalue weighted by atomic mass is 19.1.